The standard InChI is InChI=1S/C17H17F2N3O5S/c1-26-15-3-2-12(28(24,25)22-11-4-5-27-9-11)7-13(15)17(23)21-16-14(19)6-10(18)8-20-16/h2-3,6-8,11,22H,4-5,9H2,1H3,(H,20,21,23). The fraction of sp³-hybridized carbons (Fsp3) is 0.294. The highest BCUT2D eigenvalue weighted by molar-refractivity contribution is 7.89. The van der Waals surface area contributed by atoms with Gasteiger partial charge in [0, 0.05) is 18.7 Å². The van der Waals surface area contributed by atoms with E-state index in [1.54, 1.807) is 0 Å². The monoisotopic (exact) mass is 413 g/mol. The molecule has 0 bridgehead atoms. The minimum absolute atomic E-state index is 0.0724. The normalized spacial score (nSPS) is 16.8. The fourth-order valence-corrected chi connectivity index (χ4v) is 3.91. The number of methoxy groups -OCH3 is 1. The van der Waals surface area contributed by atoms with Crippen molar-refractivity contribution < 1.29 is 31.5 Å². The summed E-state index contributed by atoms with van der Waals surface area (Å²) in [6.07, 6.45) is 1.28. The average Bonchev–Trinajstić information content (AvgIpc) is 3.15. The van der Waals surface area contributed by atoms with E-state index in [0.29, 0.717) is 19.1 Å². The zero-order chi connectivity index (χ0) is 20.3. The predicted molar refractivity (Wildman–Crippen MR) is 94.6 cm³/mol. The number of sulfonamides is 1. The van der Waals surface area contributed by atoms with Crippen LogP contribution in [-0.4, -0.2) is 45.7 Å². The summed E-state index contributed by atoms with van der Waals surface area (Å²) in [6, 6.07) is 3.90. The first-order valence-corrected chi connectivity index (χ1v) is 9.69. The molecule has 1 aliphatic heterocycles. The lowest BCUT2D eigenvalue weighted by atomic mass is 10.2. The molecule has 1 fully saturated rings. The summed E-state index contributed by atoms with van der Waals surface area (Å²) in [5, 5.41) is 2.17. The summed E-state index contributed by atoms with van der Waals surface area (Å²) in [5.41, 5.74) is -0.154. The zero-order valence-corrected chi connectivity index (χ0v) is 15.6. The van der Waals surface area contributed by atoms with E-state index >= 15 is 0 Å². The summed E-state index contributed by atoms with van der Waals surface area (Å²) < 4.78 is 64.5. The van der Waals surface area contributed by atoms with Crippen molar-refractivity contribution in [2.75, 3.05) is 25.6 Å². The largest absolute Gasteiger partial charge is 0.496 e. The third-order valence-corrected chi connectivity index (χ3v) is 5.54. The Morgan fingerprint density at radius 1 is 1.32 bits per heavy atom. The zero-order valence-electron chi connectivity index (χ0n) is 14.7. The SMILES string of the molecule is COc1ccc(S(=O)(=O)NC2CCOC2)cc1C(=O)Nc1ncc(F)cc1F. The maximum absolute atomic E-state index is 13.7. The predicted octanol–water partition coefficient (Wildman–Crippen LogP) is 1.69. The van der Waals surface area contributed by atoms with Gasteiger partial charge in [0.05, 0.1) is 30.4 Å². The van der Waals surface area contributed by atoms with Crippen LogP contribution in [-0.2, 0) is 14.8 Å². The Hall–Kier alpha value is -2.63. The number of benzene rings is 1. The van der Waals surface area contributed by atoms with Crippen LogP contribution in [0.2, 0.25) is 0 Å². The highest BCUT2D eigenvalue weighted by Gasteiger charge is 2.25. The molecule has 1 unspecified atom stereocenters. The van der Waals surface area contributed by atoms with Crippen molar-refractivity contribution in [2.24, 2.45) is 0 Å². The summed E-state index contributed by atoms with van der Waals surface area (Å²) in [6.45, 7) is 0.720. The van der Waals surface area contributed by atoms with Gasteiger partial charge < -0.3 is 14.8 Å². The van der Waals surface area contributed by atoms with Gasteiger partial charge in [0.2, 0.25) is 10.0 Å². The number of rotatable bonds is 6. The lowest BCUT2D eigenvalue weighted by molar-refractivity contribution is 0.102. The molecule has 150 valence electrons. The second kappa shape index (κ2) is 8.17. The Kier molecular flexibility index (Phi) is 5.87. The summed E-state index contributed by atoms with van der Waals surface area (Å²) in [7, 11) is -2.62. The molecule has 0 saturated carbocycles. The van der Waals surface area contributed by atoms with Crippen molar-refractivity contribution in [2.45, 2.75) is 17.4 Å². The van der Waals surface area contributed by atoms with Gasteiger partial charge in [-0.1, -0.05) is 0 Å². The lowest BCUT2D eigenvalue weighted by Gasteiger charge is -2.14. The van der Waals surface area contributed by atoms with Gasteiger partial charge in [-0.3, -0.25) is 4.79 Å². The highest BCUT2D eigenvalue weighted by Crippen LogP contribution is 2.24. The van der Waals surface area contributed by atoms with Gasteiger partial charge in [0.15, 0.2) is 11.6 Å². The number of ether oxygens (including phenoxy) is 2. The number of halogens is 2. The maximum atomic E-state index is 13.7. The van der Waals surface area contributed by atoms with E-state index < -0.39 is 33.4 Å². The molecule has 3 rings (SSSR count). The van der Waals surface area contributed by atoms with E-state index in [1.807, 2.05) is 0 Å². The first-order chi connectivity index (χ1) is 13.3. The number of amides is 1. The molecule has 11 heteroatoms. The first-order valence-electron chi connectivity index (χ1n) is 8.20. The van der Waals surface area contributed by atoms with Gasteiger partial charge in [-0.15, -0.1) is 0 Å². The molecule has 0 spiro atoms. The molecule has 2 aromatic rings. The van der Waals surface area contributed by atoms with E-state index in [1.165, 1.54) is 19.2 Å². The minimum Gasteiger partial charge on any atom is -0.496 e. The van der Waals surface area contributed by atoms with Crippen molar-refractivity contribution >= 4 is 21.7 Å². The topological polar surface area (TPSA) is 107 Å². The summed E-state index contributed by atoms with van der Waals surface area (Å²) in [5.74, 6) is -3.26. The van der Waals surface area contributed by atoms with Crippen LogP contribution in [0.5, 0.6) is 5.75 Å². The average molecular weight is 413 g/mol. The number of nitrogens with one attached hydrogen (secondary N) is 2. The molecular formula is C17H17F2N3O5S. The van der Waals surface area contributed by atoms with E-state index in [9.17, 15) is 22.0 Å². The van der Waals surface area contributed by atoms with Crippen LogP contribution in [0.4, 0.5) is 14.6 Å². The molecule has 1 saturated heterocycles. The number of carbonyl (C=O) groups excluding carboxylic acids is 1. The molecule has 1 aliphatic rings. The van der Waals surface area contributed by atoms with E-state index in [4.69, 9.17) is 9.47 Å². The molecule has 0 aliphatic carbocycles. The van der Waals surface area contributed by atoms with Gasteiger partial charge in [0.25, 0.3) is 5.91 Å². The molecular weight excluding hydrogens is 396 g/mol. The Morgan fingerprint density at radius 3 is 2.75 bits per heavy atom. The molecule has 1 amide bonds. The number of pyridine rings is 1. The molecule has 8 nitrogen and oxygen atoms in total. The van der Waals surface area contributed by atoms with Gasteiger partial charge in [-0.25, -0.2) is 26.9 Å². The number of aromatic nitrogens is 1. The fourth-order valence-electron chi connectivity index (χ4n) is 2.63. The first kappa shape index (κ1) is 20.1. The van der Waals surface area contributed by atoms with E-state index in [0.717, 1.165) is 12.3 Å². The van der Waals surface area contributed by atoms with Crippen LogP contribution in [0.15, 0.2) is 35.4 Å². The minimum atomic E-state index is -3.92. The van der Waals surface area contributed by atoms with Gasteiger partial charge in [-0.05, 0) is 24.6 Å². The molecule has 2 N–H and O–H groups in total. The van der Waals surface area contributed by atoms with Crippen LogP contribution in [0.1, 0.15) is 16.8 Å². The smallest absolute Gasteiger partial charge is 0.260 e. The van der Waals surface area contributed by atoms with Crippen LogP contribution in [0.25, 0.3) is 0 Å². The van der Waals surface area contributed by atoms with Gasteiger partial charge >= 0.3 is 0 Å². The quantitative estimate of drug-likeness (QED) is 0.747. The Labute approximate surface area is 159 Å². The third-order valence-electron chi connectivity index (χ3n) is 4.02. The van der Waals surface area contributed by atoms with Crippen LogP contribution in [0, 0.1) is 11.6 Å². The van der Waals surface area contributed by atoms with E-state index in [2.05, 4.69) is 15.0 Å². The van der Waals surface area contributed by atoms with Gasteiger partial charge in [0.1, 0.15) is 11.6 Å². The van der Waals surface area contributed by atoms with Crippen molar-refractivity contribution in [3.05, 3.63) is 47.7 Å². The molecule has 1 aromatic heterocycles. The number of anilines is 1. The second-order valence-electron chi connectivity index (χ2n) is 5.98. The summed E-state index contributed by atoms with van der Waals surface area (Å²) in [4.78, 5) is 15.8. The Bertz CT molecular complexity index is 994. The Balaban J connectivity index is 1.88. The maximum Gasteiger partial charge on any atom is 0.260 e. The third kappa shape index (κ3) is 4.43. The number of nitrogens with zero attached hydrogens (tertiary/aromatic N) is 1. The molecule has 28 heavy (non-hydrogen) atoms. The lowest BCUT2D eigenvalue weighted by Crippen LogP contribution is -2.35. The molecule has 1 atom stereocenters. The van der Waals surface area contributed by atoms with Crippen molar-refractivity contribution in [3.63, 3.8) is 0 Å². The highest BCUT2D eigenvalue weighted by atomic mass is 32.2. The van der Waals surface area contributed by atoms with Gasteiger partial charge in [-0.2, -0.15) is 0 Å². The van der Waals surface area contributed by atoms with Crippen molar-refractivity contribution in [3.8, 4) is 5.75 Å². The second-order valence-corrected chi connectivity index (χ2v) is 7.70. The number of carbonyl (C=O) groups is 1. The van der Waals surface area contributed by atoms with Crippen LogP contribution < -0.4 is 14.8 Å². The number of hydrogen-bond donors (Lipinski definition) is 2. The van der Waals surface area contributed by atoms with E-state index in [-0.39, 0.29) is 28.9 Å². The number of hydrogen-bond acceptors (Lipinski definition) is 6. The summed E-state index contributed by atoms with van der Waals surface area (Å²) >= 11 is 0. The van der Waals surface area contributed by atoms with Crippen molar-refractivity contribution in [1.82, 2.24) is 9.71 Å². The Morgan fingerprint density at radius 2 is 2.11 bits per heavy atom. The van der Waals surface area contributed by atoms with Crippen LogP contribution in [0.3, 0.4) is 0 Å². The van der Waals surface area contributed by atoms with Crippen molar-refractivity contribution in [1.29, 1.82) is 0 Å². The molecule has 0 radical (unpaired) electrons. The van der Waals surface area contributed by atoms with Crippen LogP contribution >= 0.6 is 0 Å². The molecule has 2 heterocycles. The molecule has 1 aromatic carbocycles.